The first kappa shape index (κ1) is 21.0. The molecular weight excluding hydrogens is 384 g/mol. The van der Waals surface area contributed by atoms with Gasteiger partial charge in [0.2, 0.25) is 5.60 Å². The summed E-state index contributed by atoms with van der Waals surface area (Å²) < 4.78 is 5.52. The van der Waals surface area contributed by atoms with Crippen LogP contribution in [0.15, 0.2) is 78.9 Å². The molecule has 0 amide bonds. The maximum atomic E-state index is 13.1. The molecule has 0 aliphatic heterocycles. The van der Waals surface area contributed by atoms with Crippen LogP contribution in [0.3, 0.4) is 0 Å². The van der Waals surface area contributed by atoms with Gasteiger partial charge in [-0.3, -0.25) is 9.59 Å². The highest BCUT2D eigenvalue weighted by atomic mass is 16.6. The Labute approximate surface area is 173 Å². The van der Waals surface area contributed by atoms with Crippen LogP contribution in [0, 0.1) is 6.92 Å². The first-order valence-electron chi connectivity index (χ1n) is 9.23. The van der Waals surface area contributed by atoms with E-state index in [-0.39, 0.29) is 11.3 Å². The average Bonchev–Trinajstić information content (AvgIpc) is 2.75. The Morgan fingerprint density at radius 1 is 0.867 bits per heavy atom. The molecule has 0 fully saturated rings. The van der Waals surface area contributed by atoms with Gasteiger partial charge in [-0.05, 0) is 41.8 Å². The third-order valence-electron chi connectivity index (χ3n) is 4.69. The molecule has 3 rings (SSSR count). The molecular formula is C24H20O6. The van der Waals surface area contributed by atoms with Gasteiger partial charge in [-0.15, -0.1) is 0 Å². The fraction of sp³-hybridized carbons (Fsp3) is 0.125. The molecule has 0 unspecified atom stereocenters. The van der Waals surface area contributed by atoms with Crippen LogP contribution >= 0.6 is 0 Å². The van der Waals surface area contributed by atoms with Gasteiger partial charge in [0, 0.05) is 5.56 Å². The van der Waals surface area contributed by atoms with E-state index in [1.807, 2.05) is 0 Å². The summed E-state index contributed by atoms with van der Waals surface area (Å²) >= 11 is 0. The summed E-state index contributed by atoms with van der Waals surface area (Å²) in [6.45, 7) is 1.63. The standard InChI is InChI=1S/C24H20O6/c1-16-14-17(20(25)15-22(26)27)12-13-21(16)30-23(28)24(29,18-8-4-2-5-9-18)19-10-6-3-7-11-19/h2-14,29H,15H2,1H3,(H,26,27). The van der Waals surface area contributed by atoms with Crippen LogP contribution in [0.2, 0.25) is 0 Å². The lowest BCUT2D eigenvalue weighted by Gasteiger charge is -2.27. The maximum absolute atomic E-state index is 13.1. The number of carboxylic acid groups (broad SMARTS) is 1. The third-order valence-corrected chi connectivity index (χ3v) is 4.69. The van der Waals surface area contributed by atoms with E-state index in [1.165, 1.54) is 18.2 Å². The number of ether oxygens (including phenoxy) is 1. The van der Waals surface area contributed by atoms with E-state index in [0.717, 1.165) is 0 Å². The first-order valence-corrected chi connectivity index (χ1v) is 9.23. The van der Waals surface area contributed by atoms with E-state index in [0.29, 0.717) is 16.7 Å². The van der Waals surface area contributed by atoms with Gasteiger partial charge in [0.25, 0.3) is 0 Å². The molecule has 0 heterocycles. The summed E-state index contributed by atoms with van der Waals surface area (Å²) in [4.78, 5) is 35.8. The van der Waals surface area contributed by atoms with Gasteiger partial charge in [-0.25, -0.2) is 4.79 Å². The van der Waals surface area contributed by atoms with Crippen LogP contribution in [0.4, 0.5) is 0 Å². The molecule has 2 N–H and O–H groups in total. The van der Waals surface area contributed by atoms with Crippen LogP contribution in [0.1, 0.15) is 33.5 Å². The molecule has 0 saturated carbocycles. The maximum Gasteiger partial charge on any atom is 0.353 e. The fourth-order valence-corrected chi connectivity index (χ4v) is 3.11. The van der Waals surface area contributed by atoms with Crippen molar-refractivity contribution in [2.45, 2.75) is 18.9 Å². The first-order chi connectivity index (χ1) is 14.3. The lowest BCUT2D eigenvalue weighted by atomic mass is 9.86. The number of carboxylic acids is 1. The van der Waals surface area contributed by atoms with Crippen LogP contribution in [0.5, 0.6) is 5.75 Å². The lowest BCUT2D eigenvalue weighted by Crippen LogP contribution is -2.40. The van der Waals surface area contributed by atoms with Crippen molar-refractivity contribution in [1.82, 2.24) is 0 Å². The smallest absolute Gasteiger partial charge is 0.353 e. The molecule has 3 aromatic carbocycles. The Hall–Kier alpha value is -3.77. The molecule has 0 saturated heterocycles. The van der Waals surface area contributed by atoms with Crippen molar-refractivity contribution in [2.75, 3.05) is 0 Å². The van der Waals surface area contributed by atoms with Gasteiger partial charge in [-0.2, -0.15) is 0 Å². The Kier molecular flexibility index (Phi) is 6.09. The zero-order valence-corrected chi connectivity index (χ0v) is 16.2. The van der Waals surface area contributed by atoms with Crippen molar-refractivity contribution >= 4 is 17.7 Å². The van der Waals surface area contributed by atoms with Gasteiger partial charge in [0.05, 0.1) is 0 Å². The SMILES string of the molecule is Cc1cc(C(=O)CC(=O)O)ccc1OC(=O)C(O)(c1ccccc1)c1ccccc1. The van der Waals surface area contributed by atoms with E-state index in [9.17, 15) is 19.5 Å². The van der Waals surface area contributed by atoms with Crippen LogP contribution in [-0.4, -0.2) is 27.9 Å². The van der Waals surface area contributed by atoms with E-state index < -0.39 is 29.7 Å². The van der Waals surface area contributed by atoms with Crippen LogP contribution in [-0.2, 0) is 15.2 Å². The molecule has 152 valence electrons. The number of hydrogen-bond acceptors (Lipinski definition) is 5. The summed E-state index contributed by atoms with van der Waals surface area (Å²) in [7, 11) is 0. The second-order valence-electron chi connectivity index (χ2n) is 6.81. The van der Waals surface area contributed by atoms with Gasteiger partial charge >= 0.3 is 11.9 Å². The van der Waals surface area contributed by atoms with Gasteiger partial charge in [0.1, 0.15) is 12.2 Å². The van der Waals surface area contributed by atoms with Gasteiger partial charge < -0.3 is 14.9 Å². The number of esters is 1. The summed E-state index contributed by atoms with van der Waals surface area (Å²) in [5, 5.41) is 20.2. The number of carbonyl (C=O) groups is 3. The molecule has 6 nitrogen and oxygen atoms in total. The zero-order valence-electron chi connectivity index (χ0n) is 16.2. The Morgan fingerprint density at radius 2 is 1.40 bits per heavy atom. The van der Waals surface area contributed by atoms with Gasteiger partial charge in [0.15, 0.2) is 5.78 Å². The average molecular weight is 404 g/mol. The summed E-state index contributed by atoms with van der Waals surface area (Å²) in [5.74, 6) is -2.50. The summed E-state index contributed by atoms with van der Waals surface area (Å²) in [6.07, 6.45) is -0.625. The van der Waals surface area contributed by atoms with Crippen molar-refractivity contribution in [2.24, 2.45) is 0 Å². The molecule has 0 radical (unpaired) electrons. The highest BCUT2D eigenvalue weighted by Crippen LogP contribution is 2.32. The van der Waals surface area contributed by atoms with Crippen LogP contribution in [0.25, 0.3) is 0 Å². The number of aliphatic carboxylic acids is 1. The summed E-state index contributed by atoms with van der Waals surface area (Å²) in [6, 6.07) is 21.2. The van der Waals surface area contributed by atoms with Gasteiger partial charge in [-0.1, -0.05) is 60.7 Å². The third kappa shape index (κ3) is 4.29. The number of hydrogen-bond donors (Lipinski definition) is 2. The molecule has 0 aromatic heterocycles. The minimum absolute atomic E-state index is 0.164. The molecule has 0 spiro atoms. The summed E-state index contributed by atoms with van der Waals surface area (Å²) in [5.41, 5.74) is -0.661. The van der Waals surface area contributed by atoms with E-state index >= 15 is 0 Å². The molecule has 30 heavy (non-hydrogen) atoms. The van der Waals surface area contributed by atoms with E-state index in [1.54, 1.807) is 67.6 Å². The van der Waals surface area contributed by atoms with Crippen molar-refractivity contribution in [3.05, 3.63) is 101 Å². The minimum Gasteiger partial charge on any atom is -0.481 e. The van der Waals surface area contributed by atoms with Crippen LogP contribution < -0.4 is 4.74 Å². The number of aryl methyl sites for hydroxylation is 1. The quantitative estimate of drug-likeness (QED) is 0.271. The molecule has 6 heteroatoms. The predicted molar refractivity (Wildman–Crippen MR) is 109 cm³/mol. The Morgan fingerprint density at radius 3 is 1.87 bits per heavy atom. The highest BCUT2D eigenvalue weighted by molar-refractivity contribution is 6.05. The Balaban J connectivity index is 1.94. The minimum atomic E-state index is -2.03. The molecule has 0 aliphatic carbocycles. The molecule has 0 atom stereocenters. The zero-order chi connectivity index (χ0) is 21.7. The number of aliphatic hydroxyl groups is 1. The fourth-order valence-electron chi connectivity index (χ4n) is 3.11. The van der Waals surface area contributed by atoms with Crippen molar-refractivity contribution in [3.8, 4) is 5.75 Å². The molecule has 0 aliphatic rings. The lowest BCUT2D eigenvalue weighted by molar-refractivity contribution is -0.152. The van der Waals surface area contributed by atoms with Crippen molar-refractivity contribution in [1.29, 1.82) is 0 Å². The number of Topliss-reactive ketones (excluding diaryl/α,β-unsaturated/α-hetero) is 1. The number of benzene rings is 3. The number of ketones is 1. The van der Waals surface area contributed by atoms with Crippen molar-refractivity contribution < 1.29 is 29.3 Å². The molecule has 0 bridgehead atoms. The van der Waals surface area contributed by atoms with Crippen molar-refractivity contribution in [3.63, 3.8) is 0 Å². The topological polar surface area (TPSA) is 101 Å². The Bertz CT molecular complexity index is 1030. The highest BCUT2D eigenvalue weighted by Gasteiger charge is 2.42. The second-order valence-corrected chi connectivity index (χ2v) is 6.81. The number of rotatable bonds is 7. The predicted octanol–water partition coefficient (Wildman–Crippen LogP) is 3.49. The largest absolute Gasteiger partial charge is 0.481 e. The van der Waals surface area contributed by atoms with E-state index in [4.69, 9.17) is 9.84 Å². The monoisotopic (exact) mass is 404 g/mol. The second kappa shape index (κ2) is 8.71. The normalized spacial score (nSPS) is 11.0. The molecule has 3 aromatic rings. The number of carbonyl (C=O) groups excluding carboxylic acids is 2. The van der Waals surface area contributed by atoms with E-state index in [2.05, 4.69) is 0 Å².